The molecule has 8 nitrogen and oxygen atoms in total. The van der Waals surface area contributed by atoms with Gasteiger partial charge in [-0.2, -0.15) is 0 Å². The second-order valence-electron chi connectivity index (χ2n) is 9.42. The number of amidine groups is 1. The normalized spacial score (nSPS) is 18.2. The monoisotopic (exact) mass is 550 g/mol. The van der Waals surface area contributed by atoms with Gasteiger partial charge in [-0.25, -0.2) is 0 Å². The van der Waals surface area contributed by atoms with Gasteiger partial charge in [-0.3, -0.25) is 15.0 Å². The summed E-state index contributed by atoms with van der Waals surface area (Å²) in [5.41, 5.74) is 8.21. The SMILES string of the molecule is CN1CCCC(OC(=O)C2CCN(C(=O)COc3ccc(-c4ccc(C(=N)N)cc4)cc3)CC2)C1.Cl.Cl. The second-order valence-corrected chi connectivity index (χ2v) is 9.42. The van der Waals surface area contributed by atoms with Crippen LogP contribution in [-0.4, -0.2) is 73.4 Å². The molecule has 202 valence electrons. The van der Waals surface area contributed by atoms with Crippen molar-refractivity contribution in [3.63, 3.8) is 0 Å². The van der Waals surface area contributed by atoms with Gasteiger partial charge in [0.05, 0.1) is 5.92 Å². The molecule has 2 saturated heterocycles. The number of halogens is 2. The molecule has 10 heteroatoms. The van der Waals surface area contributed by atoms with Gasteiger partial charge < -0.3 is 25.0 Å². The number of nitrogens with zero attached hydrogens (tertiary/aromatic N) is 2. The molecule has 2 aromatic carbocycles. The van der Waals surface area contributed by atoms with Gasteiger partial charge in [0.15, 0.2) is 6.61 Å². The van der Waals surface area contributed by atoms with E-state index in [2.05, 4.69) is 11.9 Å². The summed E-state index contributed by atoms with van der Waals surface area (Å²) in [7, 11) is 2.05. The Balaban J connectivity index is 0.00000241. The zero-order valence-corrected chi connectivity index (χ0v) is 22.7. The predicted octanol–water partition coefficient (Wildman–Crippen LogP) is 3.74. The van der Waals surface area contributed by atoms with Gasteiger partial charge in [-0.1, -0.05) is 36.4 Å². The number of hydrogen-bond donors (Lipinski definition) is 2. The summed E-state index contributed by atoms with van der Waals surface area (Å²) in [4.78, 5) is 29.1. The highest BCUT2D eigenvalue weighted by atomic mass is 35.5. The molecule has 2 aliphatic rings. The number of likely N-dealkylation sites (tertiary alicyclic amines) is 2. The van der Waals surface area contributed by atoms with Crippen molar-refractivity contribution < 1.29 is 19.1 Å². The van der Waals surface area contributed by atoms with Crippen LogP contribution in [0.5, 0.6) is 5.75 Å². The number of ether oxygens (including phenoxy) is 2. The lowest BCUT2D eigenvalue weighted by Crippen LogP contribution is -2.44. The maximum absolute atomic E-state index is 12.6. The van der Waals surface area contributed by atoms with Crippen LogP contribution in [0.4, 0.5) is 0 Å². The number of nitrogens with one attached hydrogen (secondary N) is 1. The van der Waals surface area contributed by atoms with Crippen molar-refractivity contribution in [3.8, 4) is 16.9 Å². The predicted molar refractivity (Wildman–Crippen MR) is 149 cm³/mol. The first-order valence-electron chi connectivity index (χ1n) is 12.2. The third kappa shape index (κ3) is 8.35. The molecule has 1 unspecified atom stereocenters. The van der Waals surface area contributed by atoms with E-state index in [1.165, 1.54) is 0 Å². The van der Waals surface area contributed by atoms with E-state index >= 15 is 0 Å². The molecule has 0 saturated carbocycles. The highest BCUT2D eigenvalue weighted by Gasteiger charge is 2.30. The summed E-state index contributed by atoms with van der Waals surface area (Å²) in [6.45, 7) is 2.91. The smallest absolute Gasteiger partial charge is 0.309 e. The van der Waals surface area contributed by atoms with Crippen molar-refractivity contribution in [1.29, 1.82) is 5.41 Å². The Kier molecular flexibility index (Phi) is 11.7. The van der Waals surface area contributed by atoms with Crippen LogP contribution in [-0.2, 0) is 14.3 Å². The summed E-state index contributed by atoms with van der Waals surface area (Å²) < 4.78 is 11.5. The first-order valence-corrected chi connectivity index (χ1v) is 12.2. The average Bonchev–Trinajstić information content (AvgIpc) is 2.88. The Labute approximate surface area is 230 Å². The van der Waals surface area contributed by atoms with Crippen LogP contribution in [0.1, 0.15) is 31.2 Å². The Hall–Kier alpha value is -2.81. The molecule has 0 radical (unpaired) electrons. The van der Waals surface area contributed by atoms with Crippen LogP contribution < -0.4 is 10.5 Å². The molecule has 0 aromatic heterocycles. The van der Waals surface area contributed by atoms with Gasteiger partial charge in [0.25, 0.3) is 5.91 Å². The number of likely N-dealkylation sites (N-methyl/N-ethyl adjacent to an activating group) is 1. The third-order valence-electron chi connectivity index (χ3n) is 6.79. The topological polar surface area (TPSA) is 109 Å². The number of rotatable bonds is 7. The number of esters is 1. The number of piperidine rings is 2. The van der Waals surface area contributed by atoms with Crippen LogP contribution in [0, 0.1) is 11.3 Å². The number of benzene rings is 2. The quantitative estimate of drug-likeness (QED) is 0.309. The number of carbonyl (C=O) groups is 2. The van der Waals surface area contributed by atoms with Crippen molar-refractivity contribution in [1.82, 2.24) is 9.80 Å². The molecular weight excluding hydrogens is 515 g/mol. The maximum Gasteiger partial charge on any atom is 0.309 e. The van der Waals surface area contributed by atoms with Gasteiger partial charge in [0, 0.05) is 25.2 Å². The van der Waals surface area contributed by atoms with Crippen LogP contribution in [0.3, 0.4) is 0 Å². The zero-order chi connectivity index (χ0) is 24.8. The standard InChI is InChI=1S/C27H34N4O4.2ClH/c1-30-14-2-3-24(17-30)35-27(33)22-12-15-31(16-13-22)25(32)18-34-23-10-8-20(9-11-23)19-4-6-21(7-5-19)26(28)29;;/h4-11,22,24H,2-3,12-18H2,1H3,(H3,28,29);2*1H. The molecular formula is C27H36Cl2N4O4. The van der Waals surface area contributed by atoms with E-state index in [0.717, 1.165) is 37.1 Å². The van der Waals surface area contributed by atoms with E-state index in [1.54, 1.807) is 4.90 Å². The molecule has 0 aliphatic carbocycles. The molecule has 3 N–H and O–H groups in total. The summed E-state index contributed by atoms with van der Waals surface area (Å²) in [6.07, 6.45) is 3.23. The molecule has 2 aromatic rings. The Bertz CT molecular complexity index is 1040. The molecule has 37 heavy (non-hydrogen) atoms. The number of nitrogens with two attached hydrogens (primary N) is 1. The number of amides is 1. The van der Waals surface area contributed by atoms with Crippen molar-refractivity contribution in [2.24, 2.45) is 11.7 Å². The Morgan fingerprint density at radius 3 is 2.11 bits per heavy atom. The van der Waals surface area contributed by atoms with Crippen molar-refractivity contribution >= 4 is 42.5 Å². The van der Waals surface area contributed by atoms with Crippen LogP contribution >= 0.6 is 24.8 Å². The first kappa shape index (κ1) is 30.4. The van der Waals surface area contributed by atoms with Gasteiger partial charge in [-0.15, -0.1) is 24.8 Å². The molecule has 2 heterocycles. The fourth-order valence-corrected chi connectivity index (χ4v) is 4.66. The fourth-order valence-electron chi connectivity index (χ4n) is 4.66. The van der Waals surface area contributed by atoms with E-state index in [0.29, 0.717) is 37.2 Å². The van der Waals surface area contributed by atoms with Crippen LogP contribution in [0.25, 0.3) is 11.1 Å². The molecule has 0 spiro atoms. The highest BCUT2D eigenvalue weighted by Crippen LogP contribution is 2.24. The minimum Gasteiger partial charge on any atom is -0.484 e. The van der Waals surface area contributed by atoms with Gasteiger partial charge in [-0.05, 0) is 62.5 Å². The molecule has 2 aliphatic heterocycles. The third-order valence-corrected chi connectivity index (χ3v) is 6.79. The van der Waals surface area contributed by atoms with Crippen molar-refractivity contribution in [3.05, 3.63) is 54.1 Å². The van der Waals surface area contributed by atoms with E-state index in [-0.39, 0.29) is 61.2 Å². The van der Waals surface area contributed by atoms with Crippen LogP contribution in [0.15, 0.2) is 48.5 Å². The van der Waals surface area contributed by atoms with E-state index in [9.17, 15) is 9.59 Å². The molecule has 2 fully saturated rings. The molecule has 1 amide bonds. The van der Waals surface area contributed by atoms with E-state index < -0.39 is 0 Å². The van der Waals surface area contributed by atoms with Gasteiger partial charge in [0.1, 0.15) is 17.7 Å². The van der Waals surface area contributed by atoms with Crippen LogP contribution in [0.2, 0.25) is 0 Å². The van der Waals surface area contributed by atoms with Crippen molar-refractivity contribution in [2.45, 2.75) is 31.8 Å². The Morgan fingerprint density at radius 2 is 1.54 bits per heavy atom. The number of carbonyl (C=O) groups excluding carboxylic acids is 2. The lowest BCUT2D eigenvalue weighted by atomic mass is 9.96. The van der Waals surface area contributed by atoms with E-state index in [4.69, 9.17) is 20.6 Å². The minimum atomic E-state index is -0.135. The first-order chi connectivity index (χ1) is 16.9. The number of nitrogen functional groups attached to an aromatic ring is 1. The summed E-state index contributed by atoms with van der Waals surface area (Å²) in [6, 6.07) is 15.0. The zero-order valence-electron chi connectivity index (χ0n) is 21.1. The minimum absolute atomic E-state index is 0. The van der Waals surface area contributed by atoms with Crippen molar-refractivity contribution in [2.75, 3.05) is 39.8 Å². The van der Waals surface area contributed by atoms with Gasteiger partial charge in [0.2, 0.25) is 0 Å². The summed E-state index contributed by atoms with van der Waals surface area (Å²) in [5.74, 6) is 0.337. The maximum atomic E-state index is 12.6. The fraction of sp³-hybridized carbons (Fsp3) is 0.444. The largest absolute Gasteiger partial charge is 0.484 e. The summed E-state index contributed by atoms with van der Waals surface area (Å²) in [5, 5.41) is 7.48. The average molecular weight is 552 g/mol. The molecule has 0 bridgehead atoms. The number of hydrogen-bond acceptors (Lipinski definition) is 6. The summed E-state index contributed by atoms with van der Waals surface area (Å²) >= 11 is 0. The lowest BCUT2D eigenvalue weighted by Gasteiger charge is -2.33. The molecule has 1 atom stereocenters. The van der Waals surface area contributed by atoms with Gasteiger partial charge >= 0.3 is 5.97 Å². The lowest BCUT2D eigenvalue weighted by molar-refractivity contribution is -0.159. The molecule has 4 rings (SSSR count). The second kappa shape index (κ2) is 14.2. The van der Waals surface area contributed by atoms with E-state index in [1.807, 2.05) is 48.5 Å². The Morgan fingerprint density at radius 1 is 0.946 bits per heavy atom. The highest BCUT2D eigenvalue weighted by molar-refractivity contribution is 5.95.